The van der Waals surface area contributed by atoms with Crippen molar-refractivity contribution in [3.63, 3.8) is 0 Å². The summed E-state index contributed by atoms with van der Waals surface area (Å²) < 4.78 is 12.3. The van der Waals surface area contributed by atoms with Crippen LogP contribution in [0.1, 0.15) is 47.0 Å². The van der Waals surface area contributed by atoms with Crippen molar-refractivity contribution in [2.24, 2.45) is 0 Å². The van der Waals surface area contributed by atoms with Gasteiger partial charge in [0.05, 0.1) is 11.7 Å². The topological polar surface area (TPSA) is 21.8 Å². The zero-order valence-corrected chi connectivity index (χ0v) is 12.6. The van der Waals surface area contributed by atoms with Crippen molar-refractivity contribution < 1.29 is 9.16 Å². The van der Waals surface area contributed by atoms with Gasteiger partial charge in [-0.15, -0.1) is 0 Å². The molecule has 2 aliphatic rings. The maximum Gasteiger partial charge on any atom is 0.192 e. The van der Waals surface area contributed by atoms with Crippen molar-refractivity contribution in [3.8, 4) is 0 Å². The van der Waals surface area contributed by atoms with E-state index in [1.165, 1.54) is 19.3 Å². The Morgan fingerprint density at radius 1 is 1.31 bits per heavy atom. The second kappa shape index (κ2) is 3.56. The highest BCUT2D eigenvalue weighted by Crippen LogP contribution is 2.49. The van der Waals surface area contributed by atoms with Crippen LogP contribution < -0.4 is 0 Å². The van der Waals surface area contributed by atoms with Gasteiger partial charge in [0.25, 0.3) is 0 Å². The maximum absolute atomic E-state index is 6.60. The van der Waals surface area contributed by atoms with Crippen LogP contribution >= 0.6 is 0 Å². The fourth-order valence-corrected chi connectivity index (χ4v) is 4.23. The van der Waals surface area contributed by atoms with Gasteiger partial charge in [0.1, 0.15) is 6.10 Å². The smallest absolute Gasteiger partial charge is 0.192 e. The fourth-order valence-electron chi connectivity index (χ4n) is 2.54. The largest absolute Gasteiger partial charge is 0.409 e. The van der Waals surface area contributed by atoms with Crippen LogP contribution in [0.15, 0.2) is 0 Å². The molecule has 0 aromatic carbocycles. The summed E-state index contributed by atoms with van der Waals surface area (Å²) in [5, 5.41) is 0.290. The van der Waals surface area contributed by atoms with E-state index in [0.717, 1.165) is 0 Å². The standard InChI is InChI=1S/C13H26O2Si/c1-12(2,3)16(5,6)15-13(4)9-7-8-10-11(13)14-10/h10-11H,7-9H2,1-6H3/t10-,11+,13-/m1/s1. The first-order chi connectivity index (χ1) is 7.16. The van der Waals surface area contributed by atoms with E-state index in [1.54, 1.807) is 0 Å². The van der Waals surface area contributed by atoms with Gasteiger partial charge >= 0.3 is 0 Å². The van der Waals surface area contributed by atoms with Crippen LogP contribution in [0.4, 0.5) is 0 Å². The van der Waals surface area contributed by atoms with E-state index in [9.17, 15) is 0 Å². The Hall–Kier alpha value is 0.137. The Kier molecular flexibility index (Phi) is 2.80. The van der Waals surface area contributed by atoms with Gasteiger partial charge in [-0.3, -0.25) is 0 Å². The van der Waals surface area contributed by atoms with Gasteiger partial charge in [0.2, 0.25) is 0 Å². The van der Waals surface area contributed by atoms with Crippen molar-refractivity contribution >= 4 is 8.32 Å². The molecule has 2 nitrogen and oxygen atoms in total. The van der Waals surface area contributed by atoms with E-state index in [4.69, 9.17) is 9.16 Å². The lowest BCUT2D eigenvalue weighted by Crippen LogP contribution is -2.52. The van der Waals surface area contributed by atoms with E-state index in [1.807, 2.05) is 0 Å². The number of hydrogen-bond acceptors (Lipinski definition) is 2. The molecule has 1 saturated carbocycles. The number of hydrogen-bond donors (Lipinski definition) is 0. The van der Waals surface area contributed by atoms with Gasteiger partial charge in [-0.25, -0.2) is 0 Å². The van der Waals surface area contributed by atoms with E-state index in [0.29, 0.717) is 12.2 Å². The second-order valence-electron chi connectivity index (χ2n) is 7.16. The minimum atomic E-state index is -1.66. The highest BCUT2D eigenvalue weighted by Gasteiger charge is 2.57. The third-order valence-electron chi connectivity index (χ3n) is 4.64. The van der Waals surface area contributed by atoms with E-state index in [-0.39, 0.29) is 10.6 Å². The summed E-state index contributed by atoms with van der Waals surface area (Å²) in [7, 11) is -1.66. The summed E-state index contributed by atoms with van der Waals surface area (Å²) in [6, 6.07) is 0. The monoisotopic (exact) mass is 242 g/mol. The van der Waals surface area contributed by atoms with E-state index < -0.39 is 8.32 Å². The maximum atomic E-state index is 6.60. The molecular weight excluding hydrogens is 216 g/mol. The number of rotatable bonds is 2. The lowest BCUT2D eigenvalue weighted by Gasteiger charge is -2.44. The molecule has 2 rings (SSSR count). The second-order valence-corrected chi connectivity index (χ2v) is 11.9. The third-order valence-corrected chi connectivity index (χ3v) is 9.23. The Morgan fingerprint density at radius 2 is 1.94 bits per heavy atom. The average molecular weight is 242 g/mol. The molecule has 1 heterocycles. The molecule has 3 atom stereocenters. The van der Waals surface area contributed by atoms with Crippen LogP contribution in [0.5, 0.6) is 0 Å². The van der Waals surface area contributed by atoms with E-state index >= 15 is 0 Å². The molecular formula is C13H26O2Si. The van der Waals surface area contributed by atoms with Crippen molar-refractivity contribution in [2.45, 2.75) is 82.9 Å². The van der Waals surface area contributed by atoms with Crippen molar-refractivity contribution in [2.75, 3.05) is 0 Å². The predicted molar refractivity (Wildman–Crippen MR) is 69.2 cm³/mol. The minimum absolute atomic E-state index is 0.00802. The van der Waals surface area contributed by atoms with Crippen LogP contribution in [0.3, 0.4) is 0 Å². The quantitative estimate of drug-likeness (QED) is 0.544. The van der Waals surface area contributed by atoms with Gasteiger partial charge < -0.3 is 9.16 Å². The first kappa shape index (κ1) is 12.6. The molecule has 0 N–H and O–H groups in total. The summed E-state index contributed by atoms with van der Waals surface area (Å²) in [5.74, 6) is 0. The van der Waals surface area contributed by atoms with Crippen LogP contribution in [0.2, 0.25) is 18.1 Å². The lowest BCUT2D eigenvalue weighted by atomic mass is 9.87. The molecule has 1 saturated heterocycles. The summed E-state index contributed by atoms with van der Waals surface area (Å²) in [6.45, 7) is 13.8. The van der Waals surface area contributed by atoms with Gasteiger partial charge in [0.15, 0.2) is 8.32 Å². The Bertz CT molecular complexity index is 282. The number of fused-ring (bicyclic) bond motifs is 1. The molecule has 16 heavy (non-hydrogen) atoms. The summed E-state index contributed by atoms with van der Waals surface area (Å²) in [6.07, 6.45) is 4.55. The summed E-state index contributed by atoms with van der Waals surface area (Å²) in [5.41, 5.74) is -0.00802. The Labute approximate surface area is 101 Å². The van der Waals surface area contributed by atoms with E-state index in [2.05, 4.69) is 40.8 Å². The molecule has 0 unspecified atom stereocenters. The van der Waals surface area contributed by atoms with Gasteiger partial charge in [0, 0.05) is 0 Å². The number of epoxide rings is 1. The third kappa shape index (κ3) is 2.09. The molecule has 0 amide bonds. The molecule has 1 aliphatic heterocycles. The number of ether oxygens (including phenoxy) is 1. The minimum Gasteiger partial charge on any atom is -0.409 e. The molecule has 0 aromatic heterocycles. The zero-order chi connectivity index (χ0) is 12.2. The Balaban J connectivity index is 2.08. The molecule has 0 spiro atoms. The van der Waals surface area contributed by atoms with Crippen molar-refractivity contribution in [1.29, 1.82) is 0 Å². The first-order valence-corrected chi connectivity index (χ1v) is 9.42. The molecule has 3 heteroatoms. The lowest BCUT2D eigenvalue weighted by molar-refractivity contribution is 0.0294. The van der Waals surface area contributed by atoms with Gasteiger partial charge in [-0.1, -0.05) is 20.8 Å². The van der Waals surface area contributed by atoms with Crippen LogP contribution in [0.25, 0.3) is 0 Å². The highest BCUT2D eigenvalue weighted by atomic mass is 28.4. The van der Waals surface area contributed by atoms with Crippen molar-refractivity contribution in [1.82, 2.24) is 0 Å². The highest BCUT2D eigenvalue weighted by molar-refractivity contribution is 6.74. The van der Waals surface area contributed by atoms with Crippen LogP contribution in [0, 0.1) is 0 Å². The molecule has 0 bridgehead atoms. The van der Waals surface area contributed by atoms with Crippen LogP contribution in [-0.2, 0) is 9.16 Å². The molecule has 0 aromatic rings. The van der Waals surface area contributed by atoms with Gasteiger partial charge in [-0.2, -0.15) is 0 Å². The Morgan fingerprint density at radius 3 is 2.50 bits per heavy atom. The normalized spacial score (nSPS) is 39.4. The zero-order valence-electron chi connectivity index (χ0n) is 11.6. The average Bonchev–Trinajstić information content (AvgIpc) is 2.80. The van der Waals surface area contributed by atoms with Crippen LogP contribution in [-0.4, -0.2) is 26.1 Å². The summed E-state index contributed by atoms with van der Waals surface area (Å²) in [4.78, 5) is 0. The molecule has 2 fully saturated rings. The molecule has 94 valence electrons. The molecule has 0 radical (unpaired) electrons. The van der Waals surface area contributed by atoms with Crippen molar-refractivity contribution in [3.05, 3.63) is 0 Å². The molecule has 1 aliphatic carbocycles. The summed E-state index contributed by atoms with van der Waals surface area (Å²) >= 11 is 0. The first-order valence-electron chi connectivity index (χ1n) is 6.51. The SMILES string of the molecule is CC(C)(C)[Si](C)(C)O[C@]1(C)CCC[C@H]2O[C@@H]21. The fraction of sp³-hybridized carbons (Fsp3) is 1.00. The van der Waals surface area contributed by atoms with Gasteiger partial charge in [-0.05, 0) is 44.3 Å². The predicted octanol–water partition coefficient (Wildman–Crippen LogP) is 3.72.